The summed E-state index contributed by atoms with van der Waals surface area (Å²) < 4.78 is 0. The Morgan fingerprint density at radius 2 is 1.78 bits per heavy atom. The van der Waals surface area contributed by atoms with Crippen molar-refractivity contribution >= 4 is 11.3 Å². The molecule has 1 aromatic carbocycles. The molecule has 1 aromatic heterocycles. The van der Waals surface area contributed by atoms with Gasteiger partial charge in [0.05, 0.1) is 6.04 Å². The van der Waals surface area contributed by atoms with Crippen molar-refractivity contribution in [2.75, 3.05) is 0 Å². The summed E-state index contributed by atoms with van der Waals surface area (Å²) in [6.07, 6.45) is 1.78. The zero-order valence-corrected chi connectivity index (χ0v) is 11.1. The van der Waals surface area contributed by atoms with E-state index in [2.05, 4.69) is 10.3 Å². The Morgan fingerprint density at radius 3 is 2.33 bits per heavy atom. The third-order valence-electron chi connectivity index (χ3n) is 2.75. The van der Waals surface area contributed by atoms with Gasteiger partial charge < -0.3 is 15.5 Å². The first-order chi connectivity index (χ1) is 8.56. The zero-order valence-electron chi connectivity index (χ0n) is 10.3. The standard InChI is InChI=1S/C13H16N2O2S/c1-8(10-5-11(16)7-12(17)6-10)15-9(2)13-14-3-4-18-13/h3-9,15-17H,1-2H3. The molecular weight excluding hydrogens is 248 g/mol. The molecule has 1 heterocycles. The van der Waals surface area contributed by atoms with Crippen LogP contribution in [0.2, 0.25) is 0 Å². The summed E-state index contributed by atoms with van der Waals surface area (Å²) in [5.74, 6) is 0.140. The van der Waals surface area contributed by atoms with Crippen molar-refractivity contribution in [3.63, 3.8) is 0 Å². The second-order valence-electron chi connectivity index (χ2n) is 4.26. The van der Waals surface area contributed by atoms with E-state index in [0.717, 1.165) is 10.6 Å². The maximum Gasteiger partial charge on any atom is 0.119 e. The molecule has 96 valence electrons. The summed E-state index contributed by atoms with van der Waals surface area (Å²) in [7, 11) is 0. The van der Waals surface area contributed by atoms with Crippen LogP contribution < -0.4 is 5.32 Å². The molecule has 4 nitrogen and oxygen atoms in total. The smallest absolute Gasteiger partial charge is 0.119 e. The van der Waals surface area contributed by atoms with Gasteiger partial charge in [-0.05, 0) is 31.5 Å². The Balaban J connectivity index is 2.09. The Morgan fingerprint density at radius 1 is 1.11 bits per heavy atom. The Bertz CT molecular complexity index is 493. The molecular formula is C13H16N2O2S. The molecule has 0 amide bonds. The van der Waals surface area contributed by atoms with Crippen LogP contribution in [0.5, 0.6) is 11.5 Å². The number of thiazole rings is 1. The van der Waals surface area contributed by atoms with Gasteiger partial charge in [0.15, 0.2) is 0 Å². The molecule has 0 spiro atoms. The maximum absolute atomic E-state index is 9.46. The quantitative estimate of drug-likeness (QED) is 0.794. The van der Waals surface area contributed by atoms with E-state index in [4.69, 9.17) is 0 Å². The number of phenolic OH excluding ortho intramolecular Hbond substituents is 2. The highest BCUT2D eigenvalue weighted by Gasteiger charge is 2.14. The van der Waals surface area contributed by atoms with Crippen LogP contribution in [0.25, 0.3) is 0 Å². The van der Waals surface area contributed by atoms with Gasteiger partial charge in [-0.15, -0.1) is 11.3 Å². The highest BCUT2D eigenvalue weighted by molar-refractivity contribution is 7.09. The van der Waals surface area contributed by atoms with E-state index in [1.165, 1.54) is 6.07 Å². The minimum absolute atomic E-state index is 0.0156. The molecule has 0 radical (unpaired) electrons. The first-order valence-corrected chi connectivity index (χ1v) is 6.62. The van der Waals surface area contributed by atoms with Crippen LogP contribution in [0.15, 0.2) is 29.8 Å². The molecule has 5 heteroatoms. The van der Waals surface area contributed by atoms with Gasteiger partial charge in [0.25, 0.3) is 0 Å². The van der Waals surface area contributed by atoms with Gasteiger partial charge in [0.2, 0.25) is 0 Å². The largest absolute Gasteiger partial charge is 0.508 e. The summed E-state index contributed by atoms with van der Waals surface area (Å²) in [6.45, 7) is 4.02. The van der Waals surface area contributed by atoms with Crippen LogP contribution in [-0.2, 0) is 0 Å². The summed E-state index contributed by atoms with van der Waals surface area (Å²) in [4.78, 5) is 4.26. The molecule has 2 aromatic rings. The van der Waals surface area contributed by atoms with Gasteiger partial charge in [-0.2, -0.15) is 0 Å². The second-order valence-corrected chi connectivity index (χ2v) is 5.19. The summed E-state index contributed by atoms with van der Waals surface area (Å²) >= 11 is 1.60. The third-order valence-corrected chi connectivity index (χ3v) is 3.70. The van der Waals surface area contributed by atoms with Gasteiger partial charge in [-0.3, -0.25) is 0 Å². The third kappa shape index (κ3) is 3.00. The summed E-state index contributed by atoms with van der Waals surface area (Å²) in [5.41, 5.74) is 0.843. The van der Waals surface area contributed by atoms with Crippen molar-refractivity contribution in [2.45, 2.75) is 25.9 Å². The fraction of sp³-hybridized carbons (Fsp3) is 0.308. The van der Waals surface area contributed by atoms with Gasteiger partial charge >= 0.3 is 0 Å². The molecule has 3 N–H and O–H groups in total. The lowest BCUT2D eigenvalue weighted by molar-refractivity contribution is 0.442. The van der Waals surface area contributed by atoms with Gasteiger partial charge in [0, 0.05) is 23.7 Å². The number of phenols is 2. The van der Waals surface area contributed by atoms with E-state index in [1.807, 2.05) is 19.2 Å². The zero-order chi connectivity index (χ0) is 13.1. The van der Waals surface area contributed by atoms with E-state index in [-0.39, 0.29) is 23.6 Å². The Hall–Kier alpha value is -1.59. The van der Waals surface area contributed by atoms with Crippen LogP contribution in [0.1, 0.15) is 36.5 Å². The van der Waals surface area contributed by atoms with Crippen LogP contribution in [0, 0.1) is 0 Å². The van der Waals surface area contributed by atoms with Crippen LogP contribution in [-0.4, -0.2) is 15.2 Å². The lowest BCUT2D eigenvalue weighted by Gasteiger charge is -2.19. The van der Waals surface area contributed by atoms with Crippen LogP contribution in [0.3, 0.4) is 0 Å². The van der Waals surface area contributed by atoms with Gasteiger partial charge in [-0.25, -0.2) is 4.98 Å². The van der Waals surface area contributed by atoms with Crippen molar-refractivity contribution < 1.29 is 10.2 Å². The lowest BCUT2D eigenvalue weighted by Crippen LogP contribution is -2.22. The number of benzene rings is 1. The van der Waals surface area contributed by atoms with Crippen molar-refractivity contribution in [1.29, 1.82) is 0 Å². The maximum atomic E-state index is 9.46. The summed E-state index contributed by atoms with van der Waals surface area (Å²) in [5, 5.41) is 25.3. The predicted molar refractivity (Wildman–Crippen MR) is 71.9 cm³/mol. The Kier molecular flexibility index (Phi) is 3.84. The number of aromatic hydroxyl groups is 2. The minimum Gasteiger partial charge on any atom is -0.508 e. The predicted octanol–water partition coefficient (Wildman–Crippen LogP) is 2.97. The number of aromatic nitrogens is 1. The molecule has 0 aliphatic heterocycles. The SMILES string of the molecule is CC(NC(C)c1nccs1)c1cc(O)cc(O)c1. The van der Waals surface area contributed by atoms with E-state index < -0.39 is 0 Å². The number of nitrogens with one attached hydrogen (secondary N) is 1. The van der Waals surface area contributed by atoms with Gasteiger partial charge in [-0.1, -0.05) is 0 Å². The molecule has 0 fully saturated rings. The number of nitrogens with zero attached hydrogens (tertiary/aromatic N) is 1. The fourth-order valence-electron chi connectivity index (χ4n) is 1.86. The van der Waals surface area contributed by atoms with Crippen molar-refractivity contribution in [3.8, 4) is 11.5 Å². The molecule has 2 rings (SSSR count). The average molecular weight is 264 g/mol. The van der Waals surface area contributed by atoms with Crippen molar-refractivity contribution in [1.82, 2.24) is 10.3 Å². The normalized spacial score (nSPS) is 14.3. The molecule has 0 saturated heterocycles. The fourth-order valence-corrected chi connectivity index (χ4v) is 2.51. The van der Waals surface area contributed by atoms with E-state index in [1.54, 1.807) is 29.7 Å². The topological polar surface area (TPSA) is 65.4 Å². The highest BCUT2D eigenvalue weighted by atomic mass is 32.1. The molecule has 18 heavy (non-hydrogen) atoms. The number of rotatable bonds is 4. The lowest BCUT2D eigenvalue weighted by atomic mass is 10.1. The van der Waals surface area contributed by atoms with E-state index in [0.29, 0.717) is 0 Å². The monoisotopic (exact) mass is 264 g/mol. The van der Waals surface area contributed by atoms with E-state index >= 15 is 0 Å². The first-order valence-electron chi connectivity index (χ1n) is 5.74. The first kappa shape index (κ1) is 12.9. The average Bonchev–Trinajstić information content (AvgIpc) is 2.80. The number of hydrogen-bond donors (Lipinski definition) is 3. The van der Waals surface area contributed by atoms with Crippen molar-refractivity contribution in [3.05, 3.63) is 40.3 Å². The molecule has 0 aliphatic carbocycles. The van der Waals surface area contributed by atoms with Crippen LogP contribution in [0.4, 0.5) is 0 Å². The van der Waals surface area contributed by atoms with Crippen molar-refractivity contribution in [2.24, 2.45) is 0 Å². The molecule has 2 atom stereocenters. The molecule has 0 bridgehead atoms. The second kappa shape index (κ2) is 5.37. The minimum atomic E-state index is 0.0156. The van der Waals surface area contributed by atoms with Gasteiger partial charge in [0.1, 0.15) is 16.5 Å². The summed E-state index contributed by atoms with van der Waals surface area (Å²) in [6, 6.07) is 4.75. The highest BCUT2D eigenvalue weighted by Crippen LogP contribution is 2.26. The van der Waals surface area contributed by atoms with E-state index in [9.17, 15) is 10.2 Å². The number of hydrogen-bond acceptors (Lipinski definition) is 5. The van der Waals surface area contributed by atoms with Crippen LogP contribution >= 0.6 is 11.3 Å². The molecule has 0 aliphatic rings. The molecule has 0 saturated carbocycles. The Labute approximate surface area is 110 Å². The molecule has 2 unspecified atom stereocenters.